The van der Waals surface area contributed by atoms with Crippen LogP contribution in [0.4, 0.5) is 11.6 Å². The van der Waals surface area contributed by atoms with Gasteiger partial charge in [-0.05, 0) is 31.4 Å². The van der Waals surface area contributed by atoms with E-state index in [2.05, 4.69) is 21.9 Å². The van der Waals surface area contributed by atoms with Gasteiger partial charge in [0.2, 0.25) is 5.95 Å². The van der Waals surface area contributed by atoms with Gasteiger partial charge >= 0.3 is 0 Å². The van der Waals surface area contributed by atoms with E-state index >= 15 is 0 Å². The molecule has 0 saturated heterocycles. The molecule has 0 bridgehead atoms. The first-order valence-electron chi connectivity index (χ1n) is 10.1. The molecule has 1 aliphatic carbocycles. The van der Waals surface area contributed by atoms with Gasteiger partial charge in [0.05, 0.1) is 11.4 Å². The normalized spacial score (nSPS) is 15.3. The highest BCUT2D eigenvalue weighted by Crippen LogP contribution is 2.34. The lowest BCUT2D eigenvalue weighted by Crippen LogP contribution is -2.15. The molecular weight excluding hydrogens is 336 g/mol. The number of nitrogen functional groups attached to an aromatic ring is 1. The molecule has 6 heteroatoms. The second kappa shape index (κ2) is 7.94. The van der Waals surface area contributed by atoms with E-state index < -0.39 is 0 Å². The molecule has 0 unspecified atom stereocenters. The summed E-state index contributed by atoms with van der Waals surface area (Å²) in [6.45, 7) is 3.08. The minimum atomic E-state index is 0.419. The largest absolute Gasteiger partial charge is 0.399 e. The number of hydrogen-bond donors (Lipinski definition) is 2. The highest BCUT2D eigenvalue weighted by Gasteiger charge is 2.22. The summed E-state index contributed by atoms with van der Waals surface area (Å²) in [5, 5.41) is 9.35. The Hall–Kier alpha value is -2.63. The SMILES string of the molecule is CCCCNc1ncc2c(-c3ccc(N)cc3)nn(C3CCCCC3)c2n1. The molecule has 142 valence electrons. The third-order valence-electron chi connectivity index (χ3n) is 5.37. The lowest BCUT2D eigenvalue weighted by Gasteiger charge is -2.22. The van der Waals surface area contributed by atoms with Gasteiger partial charge in [0.25, 0.3) is 0 Å². The fourth-order valence-corrected chi connectivity index (χ4v) is 3.82. The Labute approximate surface area is 160 Å². The highest BCUT2D eigenvalue weighted by molar-refractivity contribution is 5.91. The standard InChI is InChI=1S/C21H28N6/c1-2-3-13-23-21-24-14-18-19(15-9-11-16(22)12-10-15)26-27(20(18)25-21)17-7-5-4-6-8-17/h9-12,14,17H,2-8,13,22H2,1H3,(H,23,24,25). The summed E-state index contributed by atoms with van der Waals surface area (Å²) in [5.41, 5.74) is 9.54. The maximum absolute atomic E-state index is 5.86. The predicted molar refractivity (Wildman–Crippen MR) is 111 cm³/mol. The van der Waals surface area contributed by atoms with Crippen LogP contribution in [0.1, 0.15) is 57.9 Å². The number of nitrogens with zero attached hydrogens (tertiary/aromatic N) is 4. The minimum Gasteiger partial charge on any atom is -0.399 e. The van der Waals surface area contributed by atoms with E-state index in [0.29, 0.717) is 12.0 Å². The maximum Gasteiger partial charge on any atom is 0.224 e. The van der Waals surface area contributed by atoms with Crippen LogP contribution in [0.25, 0.3) is 22.3 Å². The van der Waals surface area contributed by atoms with Crippen LogP contribution >= 0.6 is 0 Å². The summed E-state index contributed by atoms with van der Waals surface area (Å²) >= 11 is 0. The van der Waals surface area contributed by atoms with Gasteiger partial charge in [-0.1, -0.05) is 44.7 Å². The molecule has 6 nitrogen and oxygen atoms in total. The second-order valence-corrected chi connectivity index (χ2v) is 7.42. The van der Waals surface area contributed by atoms with E-state index in [1.54, 1.807) is 0 Å². The summed E-state index contributed by atoms with van der Waals surface area (Å²) in [6.07, 6.45) is 10.3. The minimum absolute atomic E-state index is 0.419. The molecule has 1 aromatic carbocycles. The molecule has 0 aliphatic heterocycles. The predicted octanol–water partition coefficient (Wildman–Crippen LogP) is 4.79. The number of hydrogen-bond acceptors (Lipinski definition) is 5. The van der Waals surface area contributed by atoms with Crippen molar-refractivity contribution in [3.63, 3.8) is 0 Å². The van der Waals surface area contributed by atoms with Crippen LogP contribution in [-0.2, 0) is 0 Å². The van der Waals surface area contributed by atoms with Crippen LogP contribution in [0, 0.1) is 0 Å². The zero-order valence-corrected chi connectivity index (χ0v) is 16.0. The number of rotatable bonds is 6. The van der Waals surface area contributed by atoms with Gasteiger partial charge in [-0.15, -0.1) is 0 Å². The average molecular weight is 364 g/mol. The zero-order valence-electron chi connectivity index (χ0n) is 16.0. The third kappa shape index (κ3) is 3.75. The smallest absolute Gasteiger partial charge is 0.224 e. The van der Waals surface area contributed by atoms with Crippen LogP contribution in [0.3, 0.4) is 0 Å². The Kier molecular flexibility index (Phi) is 5.23. The Bertz CT molecular complexity index is 893. The molecule has 0 spiro atoms. The highest BCUT2D eigenvalue weighted by atomic mass is 15.3. The Morgan fingerprint density at radius 1 is 1.15 bits per heavy atom. The van der Waals surface area contributed by atoms with E-state index in [1.807, 2.05) is 30.5 Å². The van der Waals surface area contributed by atoms with Gasteiger partial charge in [0.15, 0.2) is 5.65 Å². The van der Waals surface area contributed by atoms with E-state index in [-0.39, 0.29) is 0 Å². The Morgan fingerprint density at radius 2 is 1.93 bits per heavy atom. The van der Waals surface area contributed by atoms with Crippen molar-refractivity contribution < 1.29 is 0 Å². The molecule has 3 N–H and O–H groups in total. The maximum atomic E-state index is 5.86. The monoisotopic (exact) mass is 364 g/mol. The number of anilines is 2. The first-order chi connectivity index (χ1) is 13.3. The van der Waals surface area contributed by atoms with Crippen molar-refractivity contribution in [2.24, 2.45) is 0 Å². The van der Waals surface area contributed by atoms with Crippen LogP contribution < -0.4 is 11.1 Å². The van der Waals surface area contributed by atoms with Gasteiger partial charge in [-0.2, -0.15) is 10.1 Å². The number of aromatic nitrogens is 4. The van der Waals surface area contributed by atoms with Crippen molar-refractivity contribution in [2.45, 2.75) is 57.9 Å². The number of unbranched alkanes of at least 4 members (excludes halogenated alkanes) is 1. The zero-order chi connectivity index (χ0) is 18.6. The van der Waals surface area contributed by atoms with Crippen LogP contribution in [0.5, 0.6) is 0 Å². The molecule has 0 amide bonds. The molecule has 2 aromatic heterocycles. The van der Waals surface area contributed by atoms with E-state index in [0.717, 1.165) is 47.4 Å². The summed E-state index contributed by atoms with van der Waals surface area (Å²) < 4.78 is 2.15. The van der Waals surface area contributed by atoms with Gasteiger partial charge in [0, 0.05) is 24.0 Å². The number of fused-ring (bicyclic) bond motifs is 1. The summed E-state index contributed by atoms with van der Waals surface area (Å²) in [5.74, 6) is 0.691. The Morgan fingerprint density at radius 3 is 2.67 bits per heavy atom. The topological polar surface area (TPSA) is 81.6 Å². The van der Waals surface area contributed by atoms with Gasteiger partial charge in [-0.3, -0.25) is 0 Å². The summed E-state index contributed by atoms with van der Waals surface area (Å²) in [4.78, 5) is 9.38. The molecule has 2 heterocycles. The van der Waals surface area contributed by atoms with Crippen LogP contribution in [0.2, 0.25) is 0 Å². The van der Waals surface area contributed by atoms with E-state index in [4.69, 9.17) is 15.8 Å². The van der Waals surface area contributed by atoms with Crippen LogP contribution in [-0.4, -0.2) is 26.3 Å². The third-order valence-corrected chi connectivity index (χ3v) is 5.37. The van der Waals surface area contributed by atoms with Crippen molar-refractivity contribution in [1.82, 2.24) is 19.7 Å². The molecule has 1 saturated carbocycles. The summed E-state index contributed by atoms with van der Waals surface area (Å²) in [7, 11) is 0. The lowest BCUT2D eigenvalue weighted by molar-refractivity contribution is 0.336. The van der Waals surface area contributed by atoms with Crippen molar-refractivity contribution in [3.8, 4) is 11.3 Å². The first-order valence-corrected chi connectivity index (χ1v) is 10.1. The molecule has 1 fully saturated rings. The molecule has 1 aliphatic rings. The molecule has 3 aromatic rings. The number of nitrogens with one attached hydrogen (secondary N) is 1. The molecule has 27 heavy (non-hydrogen) atoms. The van der Waals surface area contributed by atoms with Gasteiger partial charge in [0.1, 0.15) is 5.69 Å². The Balaban J connectivity index is 1.77. The summed E-state index contributed by atoms with van der Waals surface area (Å²) in [6, 6.07) is 8.30. The van der Waals surface area contributed by atoms with Crippen molar-refractivity contribution >= 4 is 22.7 Å². The lowest BCUT2D eigenvalue weighted by atomic mass is 9.96. The van der Waals surface area contributed by atoms with Crippen LogP contribution in [0.15, 0.2) is 30.5 Å². The fourth-order valence-electron chi connectivity index (χ4n) is 3.82. The molecule has 4 rings (SSSR count). The van der Waals surface area contributed by atoms with Crippen molar-refractivity contribution in [1.29, 1.82) is 0 Å². The van der Waals surface area contributed by atoms with E-state index in [9.17, 15) is 0 Å². The fraction of sp³-hybridized carbons (Fsp3) is 0.476. The quantitative estimate of drug-likeness (QED) is 0.485. The number of nitrogens with two attached hydrogens (primary N) is 1. The molecule has 0 atom stereocenters. The average Bonchev–Trinajstić information content (AvgIpc) is 3.08. The molecular formula is C21H28N6. The second-order valence-electron chi connectivity index (χ2n) is 7.42. The van der Waals surface area contributed by atoms with E-state index in [1.165, 1.54) is 32.1 Å². The van der Waals surface area contributed by atoms with Gasteiger partial charge < -0.3 is 11.1 Å². The van der Waals surface area contributed by atoms with Crippen molar-refractivity contribution in [2.75, 3.05) is 17.6 Å². The van der Waals surface area contributed by atoms with Crippen molar-refractivity contribution in [3.05, 3.63) is 30.5 Å². The number of benzene rings is 1. The first kappa shape index (κ1) is 17.8. The van der Waals surface area contributed by atoms with Gasteiger partial charge in [-0.25, -0.2) is 9.67 Å². The molecule has 0 radical (unpaired) electrons.